The van der Waals surface area contributed by atoms with Gasteiger partial charge in [0.15, 0.2) is 0 Å². The number of nitrogens with one attached hydrogen (secondary N) is 1. The lowest BCUT2D eigenvalue weighted by Crippen LogP contribution is -2.36. The smallest absolute Gasteiger partial charge is 0.242 e. The lowest BCUT2D eigenvalue weighted by atomic mass is 10.1. The van der Waals surface area contributed by atoms with Crippen molar-refractivity contribution in [1.29, 1.82) is 0 Å². The molecule has 2 atom stereocenters. The van der Waals surface area contributed by atoms with Crippen molar-refractivity contribution in [2.75, 3.05) is 18.6 Å². The predicted molar refractivity (Wildman–Crippen MR) is 85.8 cm³/mol. The van der Waals surface area contributed by atoms with Crippen LogP contribution in [-0.4, -0.2) is 37.2 Å². The first-order chi connectivity index (χ1) is 9.76. The molecule has 116 valence electrons. The maximum atomic E-state index is 12.4. The Balaban J connectivity index is 3.16. The van der Waals surface area contributed by atoms with E-state index < -0.39 is 26.9 Å². The van der Waals surface area contributed by atoms with Gasteiger partial charge in [0.1, 0.15) is 0 Å². The van der Waals surface area contributed by atoms with E-state index in [0.29, 0.717) is 5.56 Å². The maximum absolute atomic E-state index is 12.4. The Kier molecular flexibility index (Phi) is 6.55. The molecule has 0 aliphatic heterocycles. The van der Waals surface area contributed by atoms with Crippen molar-refractivity contribution in [2.24, 2.45) is 5.73 Å². The second-order valence-corrected chi connectivity index (χ2v) is 7.93. The molecule has 1 rings (SSSR count). The molecule has 3 N–H and O–H groups in total. The quantitative estimate of drug-likeness (QED) is 0.763. The molecule has 0 heterocycles. The molecule has 2 unspecified atom stereocenters. The standard InChI is InChI=1S/C14H20N2O3S2/c1-11-6-7-14(13(9-11)5-4-8-15)21(18,19)16-12(2)10-20(3)17/h6-7,9,12,16H,8,10,15H2,1-3H3. The molecular weight excluding hydrogens is 308 g/mol. The average Bonchev–Trinajstić information content (AvgIpc) is 2.34. The van der Waals surface area contributed by atoms with Crippen LogP contribution in [0.2, 0.25) is 0 Å². The number of rotatable bonds is 5. The first-order valence-electron chi connectivity index (χ1n) is 6.38. The van der Waals surface area contributed by atoms with E-state index in [0.717, 1.165) is 5.56 Å². The minimum atomic E-state index is -3.71. The highest BCUT2D eigenvalue weighted by Crippen LogP contribution is 2.17. The fourth-order valence-electron chi connectivity index (χ4n) is 1.84. The molecule has 21 heavy (non-hydrogen) atoms. The van der Waals surface area contributed by atoms with Gasteiger partial charge in [-0.05, 0) is 31.5 Å². The molecule has 0 fully saturated rings. The van der Waals surface area contributed by atoms with Crippen molar-refractivity contribution in [3.8, 4) is 11.8 Å². The third-order valence-corrected chi connectivity index (χ3v) is 5.21. The van der Waals surface area contributed by atoms with Crippen LogP contribution in [0.4, 0.5) is 0 Å². The van der Waals surface area contributed by atoms with Gasteiger partial charge in [0.05, 0.1) is 11.4 Å². The second-order valence-electron chi connectivity index (χ2n) is 4.77. The molecule has 1 aromatic carbocycles. The van der Waals surface area contributed by atoms with Crippen LogP contribution in [0.5, 0.6) is 0 Å². The zero-order valence-electron chi connectivity index (χ0n) is 12.3. The average molecular weight is 328 g/mol. The Hall–Kier alpha value is -1.20. The van der Waals surface area contributed by atoms with E-state index in [1.165, 1.54) is 12.3 Å². The molecule has 0 aliphatic carbocycles. The summed E-state index contributed by atoms with van der Waals surface area (Å²) in [4.78, 5) is 0.114. The fraction of sp³-hybridized carbons (Fsp3) is 0.429. The van der Waals surface area contributed by atoms with Gasteiger partial charge < -0.3 is 5.73 Å². The minimum Gasteiger partial charge on any atom is -0.320 e. The molecule has 7 heteroatoms. The van der Waals surface area contributed by atoms with E-state index >= 15 is 0 Å². The molecule has 0 amide bonds. The lowest BCUT2D eigenvalue weighted by Gasteiger charge is -2.14. The number of hydrogen-bond acceptors (Lipinski definition) is 4. The molecule has 0 bridgehead atoms. The summed E-state index contributed by atoms with van der Waals surface area (Å²) in [6.45, 7) is 3.70. The summed E-state index contributed by atoms with van der Waals surface area (Å²) < 4.78 is 38.5. The van der Waals surface area contributed by atoms with Crippen LogP contribution in [0.15, 0.2) is 23.1 Å². The zero-order valence-corrected chi connectivity index (χ0v) is 14.0. The monoisotopic (exact) mass is 328 g/mol. The fourth-order valence-corrected chi connectivity index (χ4v) is 4.12. The van der Waals surface area contributed by atoms with Crippen molar-refractivity contribution < 1.29 is 12.6 Å². The molecule has 0 spiro atoms. The third-order valence-electron chi connectivity index (χ3n) is 2.59. The van der Waals surface area contributed by atoms with E-state index in [1.807, 2.05) is 6.92 Å². The summed E-state index contributed by atoms with van der Waals surface area (Å²) >= 11 is 0. The zero-order chi connectivity index (χ0) is 16.0. The van der Waals surface area contributed by atoms with Gasteiger partial charge >= 0.3 is 0 Å². The number of benzene rings is 1. The SMILES string of the molecule is Cc1ccc(S(=O)(=O)NC(C)CS(C)=O)c(C#CCN)c1. The van der Waals surface area contributed by atoms with Gasteiger partial charge in [-0.1, -0.05) is 17.9 Å². The van der Waals surface area contributed by atoms with Gasteiger partial charge in [-0.25, -0.2) is 13.1 Å². The Morgan fingerprint density at radius 3 is 2.67 bits per heavy atom. The second kappa shape index (κ2) is 7.71. The topological polar surface area (TPSA) is 89.3 Å². The highest BCUT2D eigenvalue weighted by Gasteiger charge is 2.20. The molecule has 5 nitrogen and oxygen atoms in total. The van der Waals surface area contributed by atoms with Crippen molar-refractivity contribution in [1.82, 2.24) is 4.72 Å². The summed E-state index contributed by atoms with van der Waals surface area (Å²) in [7, 11) is -4.78. The lowest BCUT2D eigenvalue weighted by molar-refractivity contribution is 0.570. The van der Waals surface area contributed by atoms with Crippen LogP contribution in [0.25, 0.3) is 0 Å². The van der Waals surface area contributed by atoms with Gasteiger partial charge in [-0.3, -0.25) is 4.21 Å². The van der Waals surface area contributed by atoms with Crippen molar-refractivity contribution >= 4 is 20.8 Å². The first-order valence-corrected chi connectivity index (χ1v) is 9.59. The van der Waals surface area contributed by atoms with Gasteiger partial charge in [-0.2, -0.15) is 0 Å². The minimum absolute atomic E-state index is 0.114. The van der Waals surface area contributed by atoms with E-state index in [1.54, 1.807) is 19.1 Å². The highest BCUT2D eigenvalue weighted by atomic mass is 32.2. The van der Waals surface area contributed by atoms with Crippen LogP contribution in [0, 0.1) is 18.8 Å². The Labute approximate surface area is 128 Å². The molecule has 0 aromatic heterocycles. The van der Waals surface area contributed by atoms with Crippen LogP contribution >= 0.6 is 0 Å². The van der Waals surface area contributed by atoms with Crippen molar-refractivity contribution in [3.63, 3.8) is 0 Å². The van der Waals surface area contributed by atoms with Gasteiger partial charge in [-0.15, -0.1) is 0 Å². The third kappa shape index (κ3) is 5.59. The Morgan fingerprint density at radius 1 is 1.43 bits per heavy atom. The largest absolute Gasteiger partial charge is 0.320 e. The maximum Gasteiger partial charge on any atom is 0.242 e. The normalized spacial score (nSPS) is 14.1. The predicted octanol–water partition coefficient (Wildman–Crippen LogP) is 0.351. The molecule has 0 aliphatic rings. The number of hydrogen-bond donors (Lipinski definition) is 2. The number of sulfonamides is 1. The Morgan fingerprint density at radius 2 is 2.10 bits per heavy atom. The van der Waals surface area contributed by atoms with Gasteiger partial charge in [0, 0.05) is 34.4 Å². The summed E-state index contributed by atoms with van der Waals surface area (Å²) in [5, 5.41) is 0. The van der Waals surface area contributed by atoms with Crippen LogP contribution < -0.4 is 10.5 Å². The van der Waals surface area contributed by atoms with Crippen LogP contribution in [-0.2, 0) is 20.8 Å². The summed E-state index contributed by atoms with van der Waals surface area (Å²) in [6, 6.07) is 4.52. The Bertz CT molecular complexity index is 688. The van der Waals surface area contributed by atoms with E-state index in [4.69, 9.17) is 5.73 Å². The molecule has 1 aromatic rings. The number of nitrogens with two attached hydrogens (primary N) is 1. The van der Waals surface area contributed by atoms with Gasteiger partial charge in [0.25, 0.3) is 0 Å². The molecule has 0 radical (unpaired) electrons. The van der Waals surface area contributed by atoms with Crippen molar-refractivity contribution in [2.45, 2.75) is 24.8 Å². The molecular formula is C14H20N2O3S2. The van der Waals surface area contributed by atoms with Crippen LogP contribution in [0.1, 0.15) is 18.1 Å². The van der Waals surface area contributed by atoms with Crippen molar-refractivity contribution in [3.05, 3.63) is 29.3 Å². The summed E-state index contributed by atoms with van der Waals surface area (Å²) in [5.74, 6) is 5.71. The van der Waals surface area contributed by atoms with E-state index in [-0.39, 0.29) is 17.2 Å². The van der Waals surface area contributed by atoms with E-state index in [2.05, 4.69) is 16.6 Å². The highest BCUT2D eigenvalue weighted by molar-refractivity contribution is 7.89. The molecule has 0 saturated heterocycles. The molecule has 0 saturated carbocycles. The van der Waals surface area contributed by atoms with Gasteiger partial charge in [0.2, 0.25) is 10.0 Å². The summed E-state index contributed by atoms with van der Waals surface area (Å²) in [5.41, 5.74) is 6.67. The van der Waals surface area contributed by atoms with Crippen LogP contribution in [0.3, 0.4) is 0 Å². The van der Waals surface area contributed by atoms with E-state index in [9.17, 15) is 12.6 Å². The summed E-state index contributed by atoms with van der Waals surface area (Å²) in [6.07, 6.45) is 1.54. The first kappa shape index (κ1) is 17.9. The number of aryl methyl sites for hydroxylation is 1.